The minimum atomic E-state index is -0.504. The Kier molecular flexibility index (Phi) is 7.35. The standard InChI is InChI=1S/C12H19BrN4O2/c1-3-17(4-2)7-5-6-14-12(18)19-11-9-15-10(13)8-16-11/h8-9H,3-7H2,1-2H3,(H,14,18). The van der Waals surface area contributed by atoms with E-state index >= 15 is 0 Å². The van der Waals surface area contributed by atoms with Crippen molar-refractivity contribution in [3.8, 4) is 5.88 Å². The third-order valence-corrected chi connectivity index (χ3v) is 3.02. The molecule has 0 fully saturated rings. The van der Waals surface area contributed by atoms with E-state index in [2.05, 4.69) is 50.0 Å². The van der Waals surface area contributed by atoms with E-state index < -0.39 is 6.09 Å². The van der Waals surface area contributed by atoms with Crippen molar-refractivity contribution in [2.24, 2.45) is 0 Å². The van der Waals surface area contributed by atoms with Crippen molar-refractivity contribution in [1.82, 2.24) is 20.2 Å². The lowest BCUT2D eigenvalue weighted by Gasteiger charge is -2.17. The van der Waals surface area contributed by atoms with E-state index in [1.165, 1.54) is 12.4 Å². The second-order valence-electron chi connectivity index (χ2n) is 3.87. The Morgan fingerprint density at radius 2 is 2.11 bits per heavy atom. The fraction of sp³-hybridized carbons (Fsp3) is 0.583. The van der Waals surface area contributed by atoms with Crippen molar-refractivity contribution in [1.29, 1.82) is 0 Å². The van der Waals surface area contributed by atoms with E-state index in [4.69, 9.17) is 4.74 Å². The van der Waals surface area contributed by atoms with E-state index in [1.807, 2.05) is 0 Å². The normalized spacial score (nSPS) is 10.5. The number of amides is 1. The van der Waals surface area contributed by atoms with Gasteiger partial charge in [-0.3, -0.25) is 0 Å². The summed E-state index contributed by atoms with van der Waals surface area (Å²) < 4.78 is 5.57. The number of rotatable bonds is 7. The molecule has 0 aliphatic rings. The van der Waals surface area contributed by atoms with Crippen LogP contribution in [0, 0.1) is 0 Å². The van der Waals surface area contributed by atoms with Gasteiger partial charge in [-0.2, -0.15) is 0 Å². The molecule has 0 unspecified atom stereocenters. The van der Waals surface area contributed by atoms with Gasteiger partial charge in [-0.1, -0.05) is 13.8 Å². The van der Waals surface area contributed by atoms with Crippen molar-refractivity contribution >= 4 is 22.0 Å². The van der Waals surface area contributed by atoms with Gasteiger partial charge in [0.2, 0.25) is 5.88 Å². The highest BCUT2D eigenvalue weighted by Gasteiger charge is 2.05. The molecule has 0 aliphatic heterocycles. The predicted octanol–water partition coefficient (Wildman–Crippen LogP) is 2.06. The highest BCUT2D eigenvalue weighted by molar-refractivity contribution is 9.10. The second kappa shape index (κ2) is 8.82. The molecule has 0 aliphatic carbocycles. The van der Waals surface area contributed by atoms with Crippen LogP contribution in [0.4, 0.5) is 4.79 Å². The van der Waals surface area contributed by atoms with Gasteiger partial charge in [0, 0.05) is 6.54 Å². The zero-order chi connectivity index (χ0) is 14.1. The molecule has 6 nitrogen and oxygen atoms in total. The topological polar surface area (TPSA) is 67.4 Å². The summed E-state index contributed by atoms with van der Waals surface area (Å²) in [6.45, 7) is 7.84. The number of halogens is 1. The van der Waals surface area contributed by atoms with Crippen molar-refractivity contribution in [2.45, 2.75) is 20.3 Å². The molecule has 0 atom stereocenters. The molecule has 1 N–H and O–H groups in total. The van der Waals surface area contributed by atoms with Crippen LogP contribution < -0.4 is 10.1 Å². The minimum Gasteiger partial charge on any atom is -0.390 e. The average molecular weight is 331 g/mol. The summed E-state index contributed by atoms with van der Waals surface area (Å²) in [7, 11) is 0. The van der Waals surface area contributed by atoms with E-state index in [0.29, 0.717) is 11.1 Å². The molecule has 0 saturated heterocycles. The van der Waals surface area contributed by atoms with Crippen LogP contribution in [-0.4, -0.2) is 47.1 Å². The smallest absolute Gasteiger partial charge is 0.390 e. The van der Waals surface area contributed by atoms with Crippen molar-refractivity contribution in [3.63, 3.8) is 0 Å². The Morgan fingerprint density at radius 3 is 2.68 bits per heavy atom. The van der Waals surface area contributed by atoms with E-state index in [1.54, 1.807) is 0 Å². The molecule has 7 heteroatoms. The summed E-state index contributed by atoms with van der Waals surface area (Å²) in [5, 5.41) is 2.68. The highest BCUT2D eigenvalue weighted by atomic mass is 79.9. The van der Waals surface area contributed by atoms with Gasteiger partial charge in [0.15, 0.2) is 0 Å². The van der Waals surface area contributed by atoms with Crippen LogP contribution in [0.3, 0.4) is 0 Å². The molecule has 0 spiro atoms. The van der Waals surface area contributed by atoms with Gasteiger partial charge < -0.3 is 15.0 Å². The molecule has 1 heterocycles. The molecule has 0 radical (unpaired) electrons. The Balaban J connectivity index is 2.19. The largest absolute Gasteiger partial charge is 0.413 e. The van der Waals surface area contributed by atoms with Gasteiger partial charge in [-0.25, -0.2) is 14.8 Å². The maximum absolute atomic E-state index is 11.5. The van der Waals surface area contributed by atoms with Crippen LogP contribution in [0.25, 0.3) is 0 Å². The third-order valence-electron chi connectivity index (χ3n) is 2.61. The lowest BCUT2D eigenvalue weighted by atomic mass is 10.3. The summed E-state index contributed by atoms with van der Waals surface area (Å²) in [4.78, 5) is 21.6. The van der Waals surface area contributed by atoms with Gasteiger partial charge in [-0.15, -0.1) is 0 Å². The van der Waals surface area contributed by atoms with E-state index in [9.17, 15) is 4.79 Å². The number of hydrogen-bond acceptors (Lipinski definition) is 5. The van der Waals surface area contributed by atoms with Gasteiger partial charge in [-0.05, 0) is 42.0 Å². The molecule has 1 rings (SSSR count). The highest BCUT2D eigenvalue weighted by Crippen LogP contribution is 2.08. The van der Waals surface area contributed by atoms with Gasteiger partial charge >= 0.3 is 6.09 Å². The van der Waals surface area contributed by atoms with Crippen molar-refractivity contribution < 1.29 is 9.53 Å². The van der Waals surface area contributed by atoms with Gasteiger partial charge in [0.05, 0.1) is 12.4 Å². The number of aromatic nitrogens is 2. The quantitative estimate of drug-likeness (QED) is 0.775. The maximum atomic E-state index is 11.5. The number of nitrogens with zero attached hydrogens (tertiary/aromatic N) is 3. The summed E-state index contributed by atoms with van der Waals surface area (Å²) >= 11 is 3.16. The first-order chi connectivity index (χ1) is 9.15. The predicted molar refractivity (Wildman–Crippen MR) is 76.2 cm³/mol. The Labute approximate surface area is 121 Å². The fourth-order valence-electron chi connectivity index (χ4n) is 1.52. The lowest BCUT2D eigenvalue weighted by molar-refractivity contribution is 0.197. The Morgan fingerprint density at radius 1 is 1.37 bits per heavy atom. The number of carbonyl (C=O) groups is 1. The Bertz CT molecular complexity index is 382. The molecule has 1 aromatic heterocycles. The van der Waals surface area contributed by atoms with E-state index in [0.717, 1.165) is 26.1 Å². The summed E-state index contributed by atoms with van der Waals surface area (Å²) in [6, 6.07) is 0. The molecule has 1 amide bonds. The summed E-state index contributed by atoms with van der Waals surface area (Å²) in [5.74, 6) is 0.185. The molecule has 0 bridgehead atoms. The first kappa shape index (κ1) is 15.8. The Hall–Kier alpha value is -1.21. The number of carbonyl (C=O) groups excluding carboxylic acids is 1. The maximum Gasteiger partial charge on any atom is 0.413 e. The van der Waals surface area contributed by atoms with Crippen LogP contribution in [0.1, 0.15) is 20.3 Å². The summed E-state index contributed by atoms with van der Waals surface area (Å²) in [6.07, 6.45) is 3.25. The molecule has 1 aromatic rings. The number of ether oxygens (including phenoxy) is 1. The average Bonchev–Trinajstić information content (AvgIpc) is 2.42. The summed E-state index contributed by atoms with van der Waals surface area (Å²) in [5.41, 5.74) is 0. The first-order valence-electron chi connectivity index (χ1n) is 6.31. The zero-order valence-electron chi connectivity index (χ0n) is 11.2. The zero-order valence-corrected chi connectivity index (χ0v) is 12.8. The fourth-order valence-corrected chi connectivity index (χ4v) is 1.72. The molecule has 106 valence electrons. The monoisotopic (exact) mass is 330 g/mol. The van der Waals surface area contributed by atoms with Crippen LogP contribution in [0.5, 0.6) is 5.88 Å². The third kappa shape index (κ3) is 6.49. The first-order valence-corrected chi connectivity index (χ1v) is 7.10. The number of nitrogens with one attached hydrogen (secondary N) is 1. The van der Waals surface area contributed by atoms with Crippen molar-refractivity contribution in [2.75, 3.05) is 26.2 Å². The molecular formula is C12H19BrN4O2. The lowest BCUT2D eigenvalue weighted by Crippen LogP contribution is -2.31. The minimum absolute atomic E-state index is 0.185. The van der Waals surface area contributed by atoms with Crippen LogP contribution in [-0.2, 0) is 0 Å². The second-order valence-corrected chi connectivity index (χ2v) is 4.69. The SMILES string of the molecule is CCN(CC)CCCNC(=O)Oc1cnc(Br)cn1. The van der Waals surface area contributed by atoms with Gasteiger partial charge in [0.25, 0.3) is 0 Å². The molecule has 19 heavy (non-hydrogen) atoms. The van der Waals surface area contributed by atoms with Crippen LogP contribution in [0.2, 0.25) is 0 Å². The molecule has 0 saturated carbocycles. The van der Waals surface area contributed by atoms with E-state index in [-0.39, 0.29) is 5.88 Å². The van der Waals surface area contributed by atoms with Crippen LogP contribution in [0.15, 0.2) is 17.0 Å². The number of hydrogen-bond donors (Lipinski definition) is 1. The molecule has 0 aromatic carbocycles. The van der Waals surface area contributed by atoms with Gasteiger partial charge in [0.1, 0.15) is 4.60 Å². The van der Waals surface area contributed by atoms with Crippen LogP contribution >= 0.6 is 15.9 Å². The van der Waals surface area contributed by atoms with Crippen molar-refractivity contribution in [3.05, 3.63) is 17.0 Å². The molecular weight excluding hydrogens is 312 g/mol.